The van der Waals surface area contributed by atoms with Gasteiger partial charge in [0.15, 0.2) is 0 Å². The van der Waals surface area contributed by atoms with Gasteiger partial charge in [0.25, 0.3) is 0 Å². The van der Waals surface area contributed by atoms with E-state index in [9.17, 15) is 4.79 Å². The van der Waals surface area contributed by atoms with Crippen LogP contribution in [0.1, 0.15) is 47.5 Å². The van der Waals surface area contributed by atoms with E-state index in [1.165, 1.54) is 6.42 Å². The molecule has 2 nitrogen and oxygen atoms in total. The molecule has 3 unspecified atom stereocenters. The lowest BCUT2D eigenvalue weighted by molar-refractivity contribution is -0.132. The third-order valence-electron chi connectivity index (χ3n) is 6.02. The summed E-state index contributed by atoms with van der Waals surface area (Å²) in [6, 6.07) is 0. The van der Waals surface area contributed by atoms with Crippen LogP contribution in [0.3, 0.4) is 0 Å². The number of carbonyl (C=O) groups excluding carboxylic acids is 1. The van der Waals surface area contributed by atoms with Crippen molar-refractivity contribution in [1.29, 1.82) is 0 Å². The fourth-order valence-electron chi connectivity index (χ4n) is 4.24. The van der Waals surface area contributed by atoms with Crippen molar-refractivity contribution in [1.82, 2.24) is 4.90 Å². The predicted molar refractivity (Wildman–Crippen MR) is 70.9 cm³/mol. The first-order chi connectivity index (χ1) is 7.88. The van der Waals surface area contributed by atoms with Crippen LogP contribution in [0.2, 0.25) is 0 Å². The van der Waals surface area contributed by atoms with E-state index in [-0.39, 0.29) is 10.8 Å². The Labute approximate surface area is 106 Å². The Morgan fingerprint density at radius 3 is 2.24 bits per heavy atom. The van der Waals surface area contributed by atoms with Crippen molar-refractivity contribution < 1.29 is 4.79 Å². The maximum atomic E-state index is 12.6. The highest BCUT2D eigenvalue weighted by molar-refractivity contribution is 5.91. The first-order valence-corrected chi connectivity index (χ1v) is 7.15. The van der Waals surface area contributed by atoms with Gasteiger partial charge in [-0.05, 0) is 37.3 Å². The first kappa shape index (κ1) is 13.1. The minimum atomic E-state index is -0.0461. The molecule has 0 saturated heterocycles. The lowest BCUT2D eigenvalue weighted by Gasteiger charge is -2.32. The van der Waals surface area contributed by atoms with E-state index in [1.54, 1.807) is 0 Å². The van der Waals surface area contributed by atoms with E-state index in [0.29, 0.717) is 17.6 Å². The molecule has 2 rings (SSSR count). The first-order valence-electron chi connectivity index (χ1n) is 7.15. The number of rotatable bonds is 4. The van der Waals surface area contributed by atoms with Gasteiger partial charge >= 0.3 is 0 Å². The molecule has 98 valence electrons. The zero-order valence-electron chi connectivity index (χ0n) is 12.0. The topological polar surface area (TPSA) is 20.3 Å². The summed E-state index contributed by atoms with van der Waals surface area (Å²) in [5.74, 6) is 1.45. The van der Waals surface area contributed by atoms with Crippen molar-refractivity contribution in [3.8, 4) is 0 Å². The summed E-state index contributed by atoms with van der Waals surface area (Å²) in [5.41, 5.74) is 0.164. The van der Waals surface area contributed by atoms with Gasteiger partial charge in [0, 0.05) is 17.9 Å². The number of hydrogen-bond acceptors (Lipinski definition) is 2. The van der Waals surface area contributed by atoms with Crippen molar-refractivity contribution in [3.63, 3.8) is 0 Å². The SMILES string of the molecule is CCN(CC)CC1C(=O)C2(C)CCC1C2(C)C. The molecule has 2 aliphatic carbocycles. The summed E-state index contributed by atoms with van der Waals surface area (Å²) in [6.45, 7) is 14.3. The highest BCUT2D eigenvalue weighted by Crippen LogP contribution is 2.65. The molecule has 3 atom stereocenters. The van der Waals surface area contributed by atoms with Gasteiger partial charge in [-0.25, -0.2) is 0 Å². The van der Waals surface area contributed by atoms with Gasteiger partial charge in [-0.15, -0.1) is 0 Å². The Bertz CT molecular complexity index is 319. The van der Waals surface area contributed by atoms with E-state index in [1.807, 2.05) is 0 Å². The van der Waals surface area contributed by atoms with Gasteiger partial charge in [-0.1, -0.05) is 34.6 Å². The molecule has 2 bridgehead atoms. The molecule has 2 aliphatic rings. The summed E-state index contributed by atoms with van der Waals surface area (Å²) < 4.78 is 0. The minimum Gasteiger partial charge on any atom is -0.303 e. The number of nitrogens with zero attached hydrogens (tertiary/aromatic N) is 1. The van der Waals surface area contributed by atoms with Gasteiger partial charge in [-0.2, -0.15) is 0 Å². The highest BCUT2D eigenvalue weighted by Gasteiger charge is 2.65. The standard InChI is InChI=1S/C15H27NO/c1-6-16(7-2)10-11-12-8-9-15(5,13(11)17)14(12,3)4/h11-12H,6-10H2,1-5H3. The fraction of sp³-hybridized carbons (Fsp3) is 0.933. The lowest BCUT2D eigenvalue weighted by atomic mass is 9.70. The van der Waals surface area contributed by atoms with Crippen molar-refractivity contribution in [2.75, 3.05) is 19.6 Å². The Morgan fingerprint density at radius 1 is 1.24 bits per heavy atom. The van der Waals surface area contributed by atoms with Crippen molar-refractivity contribution in [3.05, 3.63) is 0 Å². The van der Waals surface area contributed by atoms with E-state index in [2.05, 4.69) is 39.5 Å². The Hall–Kier alpha value is -0.370. The predicted octanol–water partition coefficient (Wildman–Crippen LogP) is 2.97. The van der Waals surface area contributed by atoms with E-state index < -0.39 is 0 Å². The van der Waals surface area contributed by atoms with Crippen LogP contribution in [0, 0.1) is 22.7 Å². The van der Waals surface area contributed by atoms with E-state index in [4.69, 9.17) is 0 Å². The lowest BCUT2D eigenvalue weighted by Crippen LogP contribution is -2.38. The Balaban J connectivity index is 2.20. The van der Waals surface area contributed by atoms with Crippen molar-refractivity contribution >= 4 is 5.78 Å². The summed E-state index contributed by atoms with van der Waals surface area (Å²) in [5, 5.41) is 0. The number of hydrogen-bond donors (Lipinski definition) is 0. The van der Waals surface area contributed by atoms with Crippen LogP contribution in [0.25, 0.3) is 0 Å². The van der Waals surface area contributed by atoms with Crippen LogP contribution in [0.15, 0.2) is 0 Å². The molecule has 17 heavy (non-hydrogen) atoms. The summed E-state index contributed by atoms with van der Waals surface area (Å²) >= 11 is 0. The average molecular weight is 237 g/mol. The third-order valence-corrected chi connectivity index (χ3v) is 6.02. The Morgan fingerprint density at radius 2 is 1.82 bits per heavy atom. The van der Waals surface area contributed by atoms with Crippen LogP contribution >= 0.6 is 0 Å². The maximum absolute atomic E-state index is 12.6. The number of fused-ring (bicyclic) bond motifs is 2. The van der Waals surface area contributed by atoms with E-state index in [0.717, 1.165) is 26.1 Å². The van der Waals surface area contributed by atoms with Gasteiger partial charge in [0.1, 0.15) is 5.78 Å². The zero-order chi connectivity index (χ0) is 12.8. The minimum absolute atomic E-state index is 0.0461. The number of ketones is 1. The van der Waals surface area contributed by atoms with Gasteiger partial charge < -0.3 is 4.90 Å². The molecule has 0 N–H and O–H groups in total. The largest absolute Gasteiger partial charge is 0.303 e. The smallest absolute Gasteiger partial charge is 0.143 e. The molecule has 0 radical (unpaired) electrons. The molecular formula is C15H27NO. The second-order valence-corrected chi connectivity index (χ2v) is 6.66. The molecule has 0 heterocycles. The monoisotopic (exact) mass is 237 g/mol. The van der Waals surface area contributed by atoms with Crippen molar-refractivity contribution in [2.45, 2.75) is 47.5 Å². The fourth-order valence-corrected chi connectivity index (χ4v) is 4.24. The molecule has 2 saturated carbocycles. The molecule has 0 amide bonds. The van der Waals surface area contributed by atoms with Crippen LogP contribution < -0.4 is 0 Å². The summed E-state index contributed by atoms with van der Waals surface area (Å²) in [6.07, 6.45) is 2.36. The molecule has 0 aliphatic heterocycles. The average Bonchev–Trinajstić information content (AvgIpc) is 2.59. The molecule has 2 heteroatoms. The Kier molecular flexibility index (Phi) is 3.14. The van der Waals surface area contributed by atoms with Gasteiger partial charge in [-0.3, -0.25) is 4.79 Å². The third kappa shape index (κ3) is 1.60. The molecule has 0 aromatic rings. The molecular weight excluding hydrogens is 210 g/mol. The van der Waals surface area contributed by atoms with Crippen LogP contribution in [-0.4, -0.2) is 30.3 Å². The molecule has 2 fully saturated rings. The van der Waals surface area contributed by atoms with Crippen LogP contribution in [-0.2, 0) is 4.79 Å². The van der Waals surface area contributed by atoms with Crippen LogP contribution in [0.5, 0.6) is 0 Å². The van der Waals surface area contributed by atoms with Gasteiger partial charge in [0.2, 0.25) is 0 Å². The zero-order valence-corrected chi connectivity index (χ0v) is 12.0. The second-order valence-electron chi connectivity index (χ2n) is 6.66. The molecule has 0 spiro atoms. The normalized spacial score (nSPS) is 39.3. The molecule has 0 aromatic carbocycles. The summed E-state index contributed by atoms with van der Waals surface area (Å²) in [4.78, 5) is 15.1. The number of Topliss-reactive ketones (excluding diaryl/α,β-unsaturated/α-hetero) is 1. The van der Waals surface area contributed by atoms with Crippen LogP contribution in [0.4, 0.5) is 0 Å². The van der Waals surface area contributed by atoms with Gasteiger partial charge in [0.05, 0.1) is 0 Å². The van der Waals surface area contributed by atoms with E-state index >= 15 is 0 Å². The maximum Gasteiger partial charge on any atom is 0.143 e. The highest BCUT2D eigenvalue weighted by atomic mass is 16.1. The second kappa shape index (κ2) is 4.08. The molecule has 0 aromatic heterocycles. The van der Waals surface area contributed by atoms with Crippen molar-refractivity contribution in [2.24, 2.45) is 22.7 Å². The quantitative estimate of drug-likeness (QED) is 0.749. The number of carbonyl (C=O) groups is 1. The summed E-state index contributed by atoms with van der Waals surface area (Å²) in [7, 11) is 0.